The first-order valence-corrected chi connectivity index (χ1v) is 17.8. The summed E-state index contributed by atoms with van der Waals surface area (Å²) < 4.78 is 5.11. The number of nitrogens with zero attached hydrogens (tertiary/aromatic N) is 2. The van der Waals surface area contributed by atoms with E-state index in [9.17, 15) is 0 Å². The second-order valence-electron chi connectivity index (χ2n) is 12.6. The van der Waals surface area contributed by atoms with Gasteiger partial charge >= 0.3 is 0 Å². The average Bonchev–Trinajstić information content (AvgIpc) is 3.32. The van der Waals surface area contributed by atoms with Gasteiger partial charge in [-0.3, -0.25) is 0 Å². The van der Waals surface area contributed by atoms with Crippen molar-refractivity contribution in [1.29, 1.82) is 0 Å². The van der Waals surface area contributed by atoms with Crippen LogP contribution in [0.5, 0.6) is 0 Å². The fraction of sp³-hybridized carbons (Fsp3) is 0.917. The van der Waals surface area contributed by atoms with Crippen LogP contribution < -0.4 is 4.57 Å². The Kier molecular flexibility index (Phi) is 24.5. The maximum absolute atomic E-state index is 2.58. The number of hydrogen-bond acceptors (Lipinski definition) is 0. The zero-order chi connectivity index (χ0) is 27.5. The van der Waals surface area contributed by atoms with Crippen LogP contribution in [0.3, 0.4) is 0 Å². The van der Waals surface area contributed by atoms with E-state index in [-0.39, 0.29) is 0 Å². The van der Waals surface area contributed by atoms with Gasteiger partial charge in [0.2, 0.25) is 0 Å². The molecule has 0 aliphatic rings. The molecule has 2 heteroatoms. The van der Waals surface area contributed by atoms with Gasteiger partial charge in [0.15, 0.2) is 0 Å². The van der Waals surface area contributed by atoms with Crippen LogP contribution in [-0.2, 0) is 13.0 Å². The molecule has 38 heavy (non-hydrogen) atoms. The van der Waals surface area contributed by atoms with Crippen molar-refractivity contribution in [2.45, 2.75) is 214 Å². The molecule has 1 aromatic rings. The highest BCUT2D eigenvalue weighted by Crippen LogP contribution is 2.16. The minimum absolute atomic E-state index is 0.570. The molecule has 224 valence electrons. The molecule has 0 bridgehead atoms. The molecule has 0 amide bonds. The number of aryl methyl sites for hydroxylation is 1. The maximum Gasteiger partial charge on any atom is 0.256 e. The average molecular weight is 532 g/mol. The molecule has 0 saturated carbocycles. The Hall–Kier alpha value is -0.790. The van der Waals surface area contributed by atoms with Gasteiger partial charge in [0.25, 0.3) is 5.82 Å². The molecule has 0 fully saturated rings. The lowest BCUT2D eigenvalue weighted by atomic mass is 10.0. The van der Waals surface area contributed by atoms with Gasteiger partial charge in [0, 0.05) is 6.42 Å². The van der Waals surface area contributed by atoms with Gasteiger partial charge in [0.1, 0.15) is 12.4 Å². The molecule has 0 radical (unpaired) electrons. The molecule has 0 N–H and O–H groups in total. The van der Waals surface area contributed by atoms with E-state index < -0.39 is 0 Å². The summed E-state index contributed by atoms with van der Waals surface area (Å²) in [6, 6.07) is 0.570. The fourth-order valence-electron chi connectivity index (χ4n) is 6.02. The standard InChI is InChI=1S/C36H71N2/c1-5-7-9-11-13-15-17-18-19-20-21-22-24-26-28-30-32-37-33-34-38(35(3)4)36(37)31-29-27-25-23-16-14-12-10-8-6-2/h33-35H,5-32H2,1-4H3/q+1. The van der Waals surface area contributed by atoms with Gasteiger partial charge in [-0.2, -0.15) is 0 Å². The molecule has 0 unspecified atom stereocenters. The van der Waals surface area contributed by atoms with Gasteiger partial charge in [-0.25, -0.2) is 9.13 Å². The molecule has 2 nitrogen and oxygen atoms in total. The topological polar surface area (TPSA) is 8.81 Å². The summed E-state index contributed by atoms with van der Waals surface area (Å²) in [6.45, 7) is 10.5. The third-order valence-corrected chi connectivity index (χ3v) is 8.60. The highest BCUT2D eigenvalue weighted by atomic mass is 15.2. The maximum atomic E-state index is 2.58. The summed E-state index contributed by atoms with van der Waals surface area (Å²) in [7, 11) is 0. The number of aromatic nitrogens is 2. The Labute approximate surface area is 240 Å². The first-order chi connectivity index (χ1) is 18.7. The Morgan fingerprint density at radius 1 is 0.500 bits per heavy atom. The van der Waals surface area contributed by atoms with E-state index in [4.69, 9.17) is 0 Å². The van der Waals surface area contributed by atoms with E-state index in [0.29, 0.717) is 6.04 Å². The second-order valence-corrected chi connectivity index (χ2v) is 12.6. The van der Waals surface area contributed by atoms with Gasteiger partial charge in [-0.15, -0.1) is 0 Å². The first kappa shape index (κ1) is 35.2. The van der Waals surface area contributed by atoms with Crippen LogP contribution >= 0.6 is 0 Å². The second kappa shape index (κ2) is 26.4. The van der Waals surface area contributed by atoms with Crippen molar-refractivity contribution in [3.63, 3.8) is 0 Å². The van der Waals surface area contributed by atoms with Crippen LogP contribution in [0.2, 0.25) is 0 Å². The van der Waals surface area contributed by atoms with Crippen LogP contribution in [0.1, 0.15) is 207 Å². The van der Waals surface area contributed by atoms with Crippen LogP contribution in [-0.4, -0.2) is 4.57 Å². The lowest BCUT2D eigenvalue weighted by molar-refractivity contribution is -0.704. The Bertz CT molecular complexity index is 602. The SMILES string of the molecule is CCCCCCCCCCCCCCCCCC[n+]1ccn(C(C)C)c1CCCCCCCCCCCC. The molecule has 0 spiro atoms. The molecular formula is C36H71N2+. The molecule has 1 rings (SSSR count). The zero-order valence-corrected chi connectivity index (χ0v) is 26.9. The molecule has 0 saturated heterocycles. The number of rotatable bonds is 29. The Morgan fingerprint density at radius 3 is 1.21 bits per heavy atom. The number of imidazole rings is 1. The predicted octanol–water partition coefficient (Wildman–Crippen LogP) is 12.1. The highest BCUT2D eigenvalue weighted by molar-refractivity contribution is 4.86. The van der Waals surface area contributed by atoms with Crippen LogP contribution in [0.15, 0.2) is 12.4 Å². The Morgan fingerprint density at radius 2 is 0.842 bits per heavy atom. The fourth-order valence-corrected chi connectivity index (χ4v) is 6.02. The van der Waals surface area contributed by atoms with Crippen molar-refractivity contribution >= 4 is 0 Å². The third-order valence-electron chi connectivity index (χ3n) is 8.60. The van der Waals surface area contributed by atoms with Crippen molar-refractivity contribution in [1.82, 2.24) is 4.57 Å². The van der Waals surface area contributed by atoms with Crippen LogP contribution in [0.25, 0.3) is 0 Å². The van der Waals surface area contributed by atoms with Gasteiger partial charge in [-0.05, 0) is 33.1 Å². The normalized spacial score (nSPS) is 11.7. The van der Waals surface area contributed by atoms with Gasteiger partial charge in [0.05, 0.1) is 12.6 Å². The quantitative estimate of drug-likeness (QED) is 0.0717. The van der Waals surface area contributed by atoms with Gasteiger partial charge < -0.3 is 0 Å². The largest absolute Gasteiger partial charge is 0.256 e. The molecule has 1 heterocycles. The van der Waals surface area contributed by atoms with Gasteiger partial charge in [-0.1, -0.05) is 162 Å². The van der Waals surface area contributed by atoms with E-state index in [1.807, 2.05) is 0 Å². The van der Waals surface area contributed by atoms with Crippen molar-refractivity contribution in [3.05, 3.63) is 18.2 Å². The summed E-state index contributed by atoms with van der Waals surface area (Å²) in [5.41, 5.74) is 0. The molecular weight excluding hydrogens is 460 g/mol. The zero-order valence-electron chi connectivity index (χ0n) is 26.9. The summed E-state index contributed by atoms with van der Waals surface area (Å²) in [4.78, 5) is 0. The molecule has 0 aliphatic heterocycles. The number of unbranched alkanes of at least 4 members (excludes halogenated alkanes) is 24. The van der Waals surface area contributed by atoms with E-state index in [1.165, 1.54) is 180 Å². The Balaban J connectivity index is 2.05. The smallest absolute Gasteiger partial charge is 0.234 e. The van der Waals surface area contributed by atoms with Crippen LogP contribution in [0, 0.1) is 0 Å². The summed E-state index contributed by atoms with van der Waals surface area (Å²) in [5.74, 6) is 1.57. The van der Waals surface area contributed by atoms with E-state index in [0.717, 1.165) is 0 Å². The summed E-state index contributed by atoms with van der Waals surface area (Å²) in [5, 5.41) is 0. The predicted molar refractivity (Wildman–Crippen MR) is 170 cm³/mol. The highest BCUT2D eigenvalue weighted by Gasteiger charge is 2.18. The summed E-state index contributed by atoms with van der Waals surface area (Å²) >= 11 is 0. The van der Waals surface area contributed by atoms with Crippen molar-refractivity contribution in [2.24, 2.45) is 0 Å². The van der Waals surface area contributed by atoms with Crippen molar-refractivity contribution in [2.75, 3.05) is 0 Å². The van der Waals surface area contributed by atoms with E-state index >= 15 is 0 Å². The molecule has 0 aliphatic carbocycles. The third kappa shape index (κ3) is 19.3. The molecule has 0 atom stereocenters. The first-order valence-electron chi connectivity index (χ1n) is 17.8. The lowest BCUT2D eigenvalue weighted by Crippen LogP contribution is -2.37. The van der Waals surface area contributed by atoms with Crippen LogP contribution in [0.4, 0.5) is 0 Å². The summed E-state index contributed by atoms with van der Waals surface area (Å²) in [6.07, 6.45) is 43.3. The monoisotopic (exact) mass is 532 g/mol. The molecule has 0 aromatic carbocycles. The lowest BCUT2D eigenvalue weighted by Gasteiger charge is -2.08. The van der Waals surface area contributed by atoms with Crippen molar-refractivity contribution < 1.29 is 4.57 Å². The molecule has 1 aromatic heterocycles. The van der Waals surface area contributed by atoms with Crippen molar-refractivity contribution in [3.8, 4) is 0 Å². The minimum atomic E-state index is 0.570. The van der Waals surface area contributed by atoms with E-state index in [1.54, 1.807) is 5.82 Å². The number of hydrogen-bond donors (Lipinski definition) is 0. The van der Waals surface area contributed by atoms with E-state index in [2.05, 4.69) is 49.2 Å². The minimum Gasteiger partial charge on any atom is -0.234 e.